The molecule has 31 heavy (non-hydrogen) atoms. The molecule has 0 bridgehead atoms. The van der Waals surface area contributed by atoms with E-state index in [-0.39, 0.29) is 35.6 Å². The molecule has 162 valence electrons. The lowest BCUT2D eigenvalue weighted by Crippen LogP contribution is -2.64. The van der Waals surface area contributed by atoms with Gasteiger partial charge in [-0.15, -0.1) is 0 Å². The number of hydrogen-bond donors (Lipinski definition) is 0. The van der Waals surface area contributed by atoms with Crippen LogP contribution in [0.3, 0.4) is 0 Å². The third-order valence-electron chi connectivity index (χ3n) is 8.87. The SMILES string of the molecule is C[C@@H]1CC[C@@H]2[C@@H](C1)O[C@H]1[C@@H]3[C@H](c4ccccc4)c4ccccc4C[C@H]3C(=O)N1C2(C)C. The molecule has 3 heteroatoms. The summed E-state index contributed by atoms with van der Waals surface area (Å²) in [5.74, 6) is 1.82. The van der Waals surface area contributed by atoms with Crippen LogP contribution in [-0.2, 0) is 16.0 Å². The third kappa shape index (κ3) is 2.78. The van der Waals surface area contributed by atoms with Crippen LogP contribution >= 0.6 is 0 Å². The Morgan fingerprint density at radius 1 is 1.00 bits per heavy atom. The molecule has 0 unspecified atom stereocenters. The molecule has 0 N–H and O–H groups in total. The summed E-state index contributed by atoms with van der Waals surface area (Å²) in [5, 5.41) is 0. The van der Waals surface area contributed by atoms with Crippen molar-refractivity contribution in [2.24, 2.45) is 23.7 Å². The van der Waals surface area contributed by atoms with Gasteiger partial charge in [-0.05, 0) is 55.7 Å². The number of carbonyl (C=O) groups excluding carboxylic acids is 1. The van der Waals surface area contributed by atoms with Crippen molar-refractivity contribution in [2.75, 3.05) is 0 Å². The number of hydrogen-bond acceptors (Lipinski definition) is 2. The van der Waals surface area contributed by atoms with Crippen LogP contribution in [-0.4, -0.2) is 28.7 Å². The fourth-order valence-electron chi connectivity index (χ4n) is 7.40. The molecule has 0 aromatic heterocycles. The molecule has 2 aromatic rings. The highest BCUT2D eigenvalue weighted by atomic mass is 16.5. The van der Waals surface area contributed by atoms with Crippen LogP contribution in [0.1, 0.15) is 62.6 Å². The molecular formula is C28H33NO2. The lowest BCUT2D eigenvalue weighted by Gasteiger charge is -2.56. The minimum Gasteiger partial charge on any atom is -0.354 e. The van der Waals surface area contributed by atoms with Crippen LogP contribution in [0.5, 0.6) is 0 Å². The number of nitrogens with zero attached hydrogens (tertiary/aromatic N) is 1. The highest BCUT2D eigenvalue weighted by molar-refractivity contribution is 5.84. The van der Waals surface area contributed by atoms with Crippen molar-refractivity contribution in [3.63, 3.8) is 0 Å². The van der Waals surface area contributed by atoms with E-state index < -0.39 is 0 Å². The summed E-state index contributed by atoms with van der Waals surface area (Å²) in [6.07, 6.45) is 4.49. The van der Waals surface area contributed by atoms with Gasteiger partial charge >= 0.3 is 0 Å². The number of rotatable bonds is 1. The van der Waals surface area contributed by atoms with Gasteiger partial charge in [0.2, 0.25) is 5.91 Å². The average Bonchev–Trinajstić information content (AvgIpc) is 3.04. The van der Waals surface area contributed by atoms with E-state index in [1.165, 1.54) is 23.1 Å². The third-order valence-corrected chi connectivity index (χ3v) is 8.87. The molecule has 2 aromatic carbocycles. The predicted octanol–water partition coefficient (Wildman–Crippen LogP) is 5.39. The first-order valence-electron chi connectivity index (χ1n) is 12.1. The second-order valence-electron chi connectivity index (χ2n) is 10.9. The van der Waals surface area contributed by atoms with Crippen molar-refractivity contribution >= 4 is 5.91 Å². The molecule has 7 atom stereocenters. The largest absolute Gasteiger partial charge is 0.354 e. The van der Waals surface area contributed by atoms with Gasteiger partial charge < -0.3 is 9.64 Å². The molecule has 6 rings (SSSR count). The van der Waals surface area contributed by atoms with Crippen molar-refractivity contribution in [1.29, 1.82) is 0 Å². The van der Waals surface area contributed by atoms with Gasteiger partial charge in [0.1, 0.15) is 6.23 Å². The first kappa shape index (κ1) is 19.5. The summed E-state index contributed by atoms with van der Waals surface area (Å²) >= 11 is 0. The summed E-state index contributed by atoms with van der Waals surface area (Å²) in [4.78, 5) is 16.1. The standard InChI is InChI=1S/C28H33NO2/c1-17-13-14-22-23(15-17)31-27-25-21(26(30)29(27)28(22,2)3)16-19-11-7-8-12-20(19)24(25)18-9-5-4-6-10-18/h4-12,17,21-25,27H,13-16H2,1-3H3/t17-,21-,22-,23-,24-,25+,27+/m1/s1. The summed E-state index contributed by atoms with van der Waals surface area (Å²) in [6, 6.07) is 19.6. The molecular weight excluding hydrogens is 382 g/mol. The highest BCUT2D eigenvalue weighted by Gasteiger charge is 2.63. The van der Waals surface area contributed by atoms with Gasteiger partial charge in [-0.2, -0.15) is 0 Å². The smallest absolute Gasteiger partial charge is 0.229 e. The van der Waals surface area contributed by atoms with E-state index >= 15 is 0 Å². The number of amides is 1. The Morgan fingerprint density at radius 2 is 1.74 bits per heavy atom. The summed E-state index contributed by atoms with van der Waals surface area (Å²) in [5.41, 5.74) is 3.86. The first-order valence-corrected chi connectivity index (χ1v) is 12.1. The van der Waals surface area contributed by atoms with Crippen LogP contribution in [0.25, 0.3) is 0 Å². The molecule has 0 spiro atoms. The van der Waals surface area contributed by atoms with Crippen molar-refractivity contribution in [2.45, 2.75) is 70.2 Å². The van der Waals surface area contributed by atoms with Crippen LogP contribution in [0.2, 0.25) is 0 Å². The van der Waals surface area contributed by atoms with Gasteiger partial charge in [-0.25, -0.2) is 0 Å². The fourth-order valence-corrected chi connectivity index (χ4v) is 7.40. The van der Waals surface area contributed by atoms with Gasteiger partial charge in [0.15, 0.2) is 0 Å². The quantitative estimate of drug-likeness (QED) is 0.625. The fraction of sp³-hybridized carbons (Fsp3) is 0.536. The molecule has 1 saturated carbocycles. The number of benzene rings is 2. The minimum absolute atomic E-state index is 0.00181. The normalized spacial score (nSPS) is 38.1. The van der Waals surface area contributed by atoms with Crippen molar-refractivity contribution in [3.05, 3.63) is 71.3 Å². The van der Waals surface area contributed by atoms with Crippen LogP contribution in [0.15, 0.2) is 54.6 Å². The first-order chi connectivity index (χ1) is 15.0. The molecule has 2 aliphatic carbocycles. The number of carbonyl (C=O) groups is 1. The van der Waals surface area contributed by atoms with Crippen LogP contribution in [0, 0.1) is 23.7 Å². The van der Waals surface area contributed by atoms with E-state index in [9.17, 15) is 4.79 Å². The monoisotopic (exact) mass is 415 g/mol. The Balaban J connectivity index is 1.49. The summed E-state index contributed by atoms with van der Waals surface area (Å²) in [6.45, 7) is 6.96. The van der Waals surface area contributed by atoms with Crippen molar-refractivity contribution in [3.8, 4) is 0 Å². The zero-order valence-corrected chi connectivity index (χ0v) is 18.8. The van der Waals surface area contributed by atoms with E-state index in [1.807, 2.05) is 0 Å². The predicted molar refractivity (Wildman–Crippen MR) is 122 cm³/mol. The Hall–Kier alpha value is -2.13. The summed E-state index contributed by atoms with van der Waals surface area (Å²) in [7, 11) is 0. The molecule has 2 aliphatic heterocycles. The van der Waals surface area contributed by atoms with Crippen molar-refractivity contribution < 1.29 is 9.53 Å². The van der Waals surface area contributed by atoms with E-state index in [2.05, 4.69) is 80.3 Å². The Labute approximate surface area is 185 Å². The maximum atomic E-state index is 14.0. The zero-order valence-electron chi connectivity index (χ0n) is 18.8. The second-order valence-corrected chi connectivity index (χ2v) is 10.9. The Bertz CT molecular complexity index is 999. The van der Waals surface area contributed by atoms with E-state index in [1.54, 1.807) is 0 Å². The van der Waals surface area contributed by atoms with E-state index in [0.29, 0.717) is 17.7 Å². The number of fused-ring (bicyclic) bond motifs is 5. The highest BCUT2D eigenvalue weighted by Crippen LogP contribution is 2.56. The molecule has 2 heterocycles. The van der Waals surface area contributed by atoms with Crippen LogP contribution < -0.4 is 0 Å². The van der Waals surface area contributed by atoms with E-state index in [0.717, 1.165) is 19.3 Å². The molecule has 4 aliphatic rings. The van der Waals surface area contributed by atoms with Gasteiger partial charge in [-0.1, -0.05) is 67.9 Å². The van der Waals surface area contributed by atoms with Crippen molar-refractivity contribution in [1.82, 2.24) is 4.90 Å². The molecule has 2 saturated heterocycles. The molecule has 1 amide bonds. The lowest BCUT2D eigenvalue weighted by atomic mass is 9.66. The van der Waals surface area contributed by atoms with Gasteiger partial charge in [0.05, 0.1) is 12.0 Å². The maximum absolute atomic E-state index is 14.0. The summed E-state index contributed by atoms with van der Waals surface area (Å²) < 4.78 is 6.93. The topological polar surface area (TPSA) is 29.5 Å². The van der Waals surface area contributed by atoms with E-state index in [4.69, 9.17) is 4.74 Å². The minimum atomic E-state index is -0.157. The maximum Gasteiger partial charge on any atom is 0.229 e. The van der Waals surface area contributed by atoms with Crippen LogP contribution in [0.4, 0.5) is 0 Å². The Morgan fingerprint density at radius 3 is 2.55 bits per heavy atom. The van der Waals surface area contributed by atoms with Gasteiger partial charge in [0, 0.05) is 23.3 Å². The Kier molecular flexibility index (Phi) is 4.37. The molecule has 3 fully saturated rings. The molecule has 0 radical (unpaired) electrons. The zero-order chi connectivity index (χ0) is 21.3. The van der Waals surface area contributed by atoms with Gasteiger partial charge in [0.25, 0.3) is 0 Å². The number of ether oxygens (including phenoxy) is 1. The lowest BCUT2D eigenvalue weighted by molar-refractivity contribution is -0.228. The average molecular weight is 416 g/mol. The molecule has 3 nitrogen and oxygen atoms in total. The van der Waals surface area contributed by atoms with Gasteiger partial charge in [-0.3, -0.25) is 4.79 Å². The second kappa shape index (κ2) is 6.93.